The van der Waals surface area contributed by atoms with Crippen molar-refractivity contribution in [2.75, 3.05) is 49.6 Å². The van der Waals surface area contributed by atoms with E-state index in [-0.39, 0.29) is 23.7 Å². The molecule has 37 heavy (non-hydrogen) atoms. The number of aliphatic imine (C=N–C) groups is 2. The van der Waals surface area contributed by atoms with Crippen molar-refractivity contribution in [2.45, 2.75) is 32.1 Å². The Bertz CT molecular complexity index is 1190. The van der Waals surface area contributed by atoms with Crippen molar-refractivity contribution < 1.29 is 22.7 Å². The number of guanidine groups is 1. The van der Waals surface area contributed by atoms with E-state index in [9.17, 15) is 18.0 Å². The summed E-state index contributed by atoms with van der Waals surface area (Å²) in [5, 5.41) is 3.48. The number of aromatic nitrogens is 1. The quantitative estimate of drug-likeness (QED) is 0.619. The van der Waals surface area contributed by atoms with Gasteiger partial charge in [0.05, 0.1) is 18.8 Å². The molecule has 1 aromatic carbocycles. The molecule has 8 nitrogen and oxygen atoms in total. The van der Waals surface area contributed by atoms with Crippen molar-refractivity contribution in [3.63, 3.8) is 0 Å². The molecular weight excluding hydrogens is 485 g/mol. The number of rotatable bonds is 4. The summed E-state index contributed by atoms with van der Waals surface area (Å²) in [6.45, 7) is 4.83. The van der Waals surface area contributed by atoms with Crippen LogP contribution in [0.15, 0.2) is 52.6 Å². The Morgan fingerprint density at radius 3 is 2.51 bits per heavy atom. The molecule has 4 heterocycles. The van der Waals surface area contributed by atoms with Crippen LogP contribution < -0.4 is 10.2 Å². The third-order valence-electron chi connectivity index (χ3n) is 6.95. The van der Waals surface area contributed by atoms with E-state index in [2.05, 4.69) is 15.2 Å². The highest BCUT2D eigenvalue weighted by Crippen LogP contribution is 2.37. The first-order chi connectivity index (χ1) is 17.8. The first-order valence-corrected chi connectivity index (χ1v) is 12.4. The van der Waals surface area contributed by atoms with Crippen LogP contribution in [0.1, 0.15) is 35.7 Å². The lowest BCUT2D eigenvalue weighted by Crippen LogP contribution is -2.45. The number of nitrogens with zero attached hydrogens (tertiary/aromatic N) is 5. The lowest BCUT2D eigenvalue weighted by atomic mass is 9.93. The van der Waals surface area contributed by atoms with Gasteiger partial charge < -0.3 is 19.9 Å². The van der Waals surface area contributed by atoms with E-state index in [1.54, 1.807) is 17.0 Å². The predicted octanol–water partition coefficient (Wildman–Crippen LogP) is 4.10. The third-order valence-corrected chi connectivity index (χ3v) is 6.95. The van der Waals surface area contributed by atoms with Gasteiger partial charge in [-0.3, -0.25) is 4.79 Å². The van der Waals surface area contributed by atoms with Gasteiger partial charge in [0.2, 0.25) is 5.96 Å². The Hall–Kier alpha value is -3.47. The first-order valence-electron chi connectivity index (χ1n) is 12.4. The largest absolute Gasteiger partial charge is 0.419 e. The second-order valence-electron chi connectivity index (χ2n) is 9.36. The van der Waals surface area contributed by atoms with Gasteiger partial charge in [-0.25, -0.2) is 15.0 Å². The molecule has 3 aliphatic rings. The van der Waals surface area contributed by atoms with Crippen molar-refractivity contribution in [1.82, 2.24) is 9.88 Å². The summed E-state index contributed by atoms with van der Waals surface area (Å²) in [6.07, 6.45) is -2.36. The number of hydrogen-bond donors (Lipinski definition) is 1. The van der Waals surface area contributed by atoms with E-state index >= 15 is 0 Å². The average Bonchev–Trinajstić information content (AvgIpc) is 3.12. The van der Waals surface area contributed by atoms with Gasteiger partial charge in [0.15, 0.2) is 5.78 Å². The average molecular weight is 515 g/mol. The van der Waals surface area contributed by atoms with E-state index in [0.717, 1.165) is 17.5 Å². The van der Waals surface area contributed by atoms with Gasteiger partial charge >= 0.3 is 6.18 Å². The summed E-state index contributed by atoms with van der Waals surface area (Å²) < 4.78 is 46.5. The van der Waals surface area contributed by atoms with E-state index in [0.29, 0.717) is 63.8 Å². The van der Waals surface area contributed by atoms with Gasteiger partial charge in [-0.1, -0.05) is 0 Å². The summed E-state index contributed by atoms with van der Waals surface area (Å²) in [4.78, 5) is 29.4. The lowest BCUT2D eigenvalue weighted by Gasteiger charge is -2.34. The van der Waals surface area contributed by atoms with Crippen LogP contribution in [0.3, 0.4) is 0 Å². The van der Waals surface area contributed by atoms with Gasteiger partial charge in [0.1, 0.15) is 12.0 Å². The number of ether oxygens (including phenoxy) is 1. The van der Waals surface area contributed by atoms with Gasteiger partial charge in [0.25, 0.3) is 0 Å². The summed E-state index contributed by atoms with van der Waals surface area (Å²) in [5.74, 6) is 0.464. The van der Waals surface area contributed by atoms with E-state index in [1.807, 2.05) is 12.1 Å². The number of Topliss-reactive ketones (excluding diaryl/α,β-unsaturated/α-hetero) is 1. The van der Waals surface area contributed by atoms with Crippen LogP contribution in [0, 0.1) is 5.92 Å². The molecule has 5 rings (SSSR count). The highest BCUT2D eigenvalue weighted by molar-refractivity contribution is 6.01. The molecule has 11 heteroatoms. The number of nitrogens with one attached hydrogen (secondary N) is 1. The van der Waals surface area contributed by atoms with E-state index in [1.165, 1.54) is 19.2 Å². The fourth-order valence-corrected chi connectivity index (χ4v) is 4.96. The fraction of sp³-hybridized carbons (Fsp3) is 0.462. The second-order valence-corrected chi connectivity index (χ2v) is 9.36. The molecule has 3 aliphatic heterocycles. The summed E-state index contributed by atoms with van der Waals surface area (Å²) in [5.41, 5.74) is 1.62. The molecule has 1 aromatic heterocycles. The minimum atomic E-state index is -4.48. The second kappa shape index (κ2) is 10.5. The Morgan fingerprint density at radius 2 is 1.81 bits per heavy atom. The first kappa shape index (κ1) is 25.2. The molecule has 0 spiro atoms. The molecule has 196 valence electrons. The summed E-state index contributed by atoms with van der Waals surface area (Å²) in [7, 11) is 0. The highest BCUT2D eigenvalue weighted by atomic mass is 19.4. The molecule has 0 bridgehead atoms. The predicted molar refractivity (Wildman–Crippen MR) is 135 cm³/mol. The minimum absolute atomic E-state index is 0.0112. The number of carbonyl (C=O) groups is 1. The number of morpholine rings is 1. The molecule has 2 atom stereocenters. The maximum Gasteiger partial charge on any atom is 0.419 e. The van der Waals surface area contributed by atoms with Gasteiger partial charge in [-0.2, -0.15) is 13.2 Å². The van der Waals surface area contributed by atoms with Crippen molar-refractivity contribution in [1.29, 1.82) is 0 Å². The zero-order chi connectivity index (χ0) is 26.0. The third kappa shape index (κ3) is 5.61. The van der Waals surface area contributed by atoms with Crippen LogP contribution in [0.4, 0.5) is 24.7 Å². The maximum atomic E-state index is 13.7. The SMILES string of the molecule is CC(=O)c1ccc(NC2N=C(N3CCOCC3)N=C3CCN(c4ncccc4C(F)(F)F)CCC32)cc1. The van der Waals surface area contributed by atoms with Crippen molar-refractivity contribution in [3.05, 3.63) is 53.7 Å². The molecule has 2 saturated heterocycles. The molecule has 0 amide bonds. The number of pyridine rings is 1. The van der Waals surface area contributed by atoms with E-state index in [4.69, 9.17) is 14.7 Å². The number of benzene rings is 1. The number of anilines is 2. The number of fused-ring (bicyclic) bond motifs is 1. The number of alkyl halides is 3. The minimum Gasteiger partial charge on any atom is -0.378 e. The molecule has 0 saturated carbocycles. The summed E-state index contributed by atoms with van der Waals surface area (Å²) in [6, 6.07) is 9.62. The van der Waals surface area contributed by atoms with Crippen molar-refractivity contribution in [2.24, 2.45) is 15.9 Å². The van der Waals surface area contributed by atoms with Crippen LogP contribution in [0.5, 0.6) is 0 Å². The van der Waals surface area contributed by atoms with Crippen molar-refractivity contribution >= 4 is 29.0 Å². The van der Waals surface area contributed by atoms with Gasteiger partial charge in [-0.15, -0.1) is 0 Å². The zero-order valence-electron chi connectivity index (χ0n) is 20.5. The van der Waals surface area contributed by atoms with Crippen LogP contribution in [-0.4, -0.2) is 72.9 Å². The van der Waals surface area contributed by atoms with Gasteiger partial charge in [0, 0.05) is 61.7 Å². The topological polar surface area (TPSA) is 82.4 Å². The number of halogens is 3. The van der Waals surface area contributed by atoms with Crippen LogP contribution >= 0.6 is 0 Å². The molecule has 1 N–H and O–H groups in total. The smallest absolute Gasteiger partial charge is 0.378 e. The Balaban J connectivity index is 1.42. The van der Waals surface area contributed by atoms with Crippen LogP contribution in [0.2, 0.25) is 0 Å². The molecule has 0 aliphatic carbocycles. The molecular formula is C26H29F3N6O2. The standard InChI is InChI=1S/C26H29F3N6O2/c1-17(36)18-4-6-19(7-5-18)31-23-20-8-11-34(24-21(26(27,28)29)3-2-10-30-24)12-9-22(20)32-25(33-23)35-13-15-37-16-14-35/h2-7,10,20,23,31H,8-9,11-16H2,1H3. The molecule has 0 radical (unpaired) electrons. The van der Waals surface area contributed by atoms with Crippen molar-refractivity contribution in [3.8, 4) is 0 Å². The molecule has 2 unspecified atom stereocenters. The number of carbonyl (C=O) groups excluding carboxylic acids is 1. The fourth-order valence-electron chi connectivity index (χ4n) is 4.96. The zero-order valence-corrected chi connectivity index (χ0v) is 20.5. The molecule has 2 aromatic rings. The lowest BCUT2D eigenvalue weighted by molar-refractivity contribution is -0.137. The normalized spacial score (nSPS) is 22.5. The van der Waals surface area contributed by atoms with Crippen LogP contribution in [0.25, 0.3) is 0 Å². The summed E-state index contributed by atoms with van der Waals surface area (Å²) >= 11 is 0. The Kier molecular flexibility index (Phi) is 7.14. The maximum absolute atomic E-state index is 13.7. The Labute approximate surface area is 213 Å². The number of ketones is 1. The highest BCUT2D eigenvalue weighted by Gasteiger charge is 2.38. The van der Waals surface area contributed by atoms with Gasteiger partial charge in [-0.05, 0) is 49.7 Å². The number of hydrogen-bond acceptors (Lipinski definition) is 8. The van der Waals surface area contributed by atoms with E-state index < -0.39 is 11.7 Å². The monoisotopic (exact) mass is 514 g/mol. The molecule has 2 fully saturated rings. The Morgan fingerprint density at radius 1 is 1.05 bits per heavy atom. The van der Waals surface area contributed by atoms with Crippen LogP contribution in [-0.2, 0) is 10.9 Å².